The van der Waals surface area contributed by atoms with Crippen LogP contribution in [0.3, 0.4) is 0 Å². The summed E-state index contributed by atoms with van der Waals surface area (Å²) < 4.78 is 22.0. The van der Waals surface area contributed by atoms with Crippen LogP contribution in [0.5, 0.6) is 17.2 Å². The van der Waals surface area contributed by atoms with E-state index in [-0.39, 0.29) is 17.7 Å². The van der Waals surface area contributed by atoms with Gasteiger partial charge in [0.2, 0.25) is 11.7 Å². The third-order valence-electron chi connectivity index (χ3n) is 6.20. The molecule has 0 aliphatic heterocycles. The molecule has 1 N–H and O–H groups in total. The topological polar surface area (TPSA) is 90.2 Å². The van der Waals surface area contributed by atoms with Crippen molar-refractivity contribution in [1.29, 1.82) is 0 Å². The first-order chi connectivity index (χ1) is 17.1. The van der Waals surface area contributed by atoms with Crippen molar-refractivity contribution in [1.82, 2.24) is 5.32 Å². The molecule has 1 fully saturated rings. The van der Waals surface area contributed by atoms with Gasteiger partial charge in [-0.2, -0.15) is 0 Å². The van der Waals surface area contributed by atoms with E-state index in [0.29, 0.717) is 28.5 Å². The van der Waals surface area contributed by atoms with Crippen molar-refractivity contribution in [3.05, 3.63) is 72.2 Å². The van der Waals surface area contributed by atoms with Gasteiger partial charge >= 0.3 is 0 Å². The summed E-state index contributed by atoms with van der Waals surface area (Å²) in [5.41, 5.74) is 1.06. The molecule has 0 spiro atoms. The zero-order chi connectivity index (χ0) is 24.8. The summed E-state index contributed by atoms with van der Waals surface area (Å²) in [5.74, 6) is 0.562. The Morgan fingerprint density at radius 2 is 1.60 bits per heavy atom. The minimum atomic E-state index is -1.02. The van der Waals surface area contributed by atoms with Crippen molar-refractivity contribution in [3.63, 3.8) is 0 Å². The average molecular weight is 479 g/mol. The number of amides is 2. The van der Waals surface area contributed by atoms with Gasteiger partial charge < -0.3 is 23.9 Å². The van der Waals surface area contributed by atoms with E-state index in [1.54, 1.807) is 36.4 Å². The maximum atomic E-state index is 13.9. The number of rotatable bonds is 9. The Hall–Kier alpha value is -3.94. The number of para-hydroxylation sites is 1. The van der Waals surface area contributed by atoms with Gasteiger partial charge in [-0.1, -0.05) is 31.0 Å². The molecule has 2 aromatic carbocycles. The van der Waals surface area contributed by atoms with Gasteiger partial charge in [-0.15, -0.1) is 0 Å². The zero-order valence-electron chi connectivity index (χ0n) is 20.2. The molecule has 4 rings (SSSR count). The summed E-state index contributed by atoms with van der Waals surface area (Å²) in [6.07, 6.45) is 5.38. The number of hydrogen-bond acceptors (Lipinski definition) is 6. The lowest BCUT2D eigenvalue weighted by Gasteiger charge is -2.32. The third kappa shape index (κ3) is 5.11. The summed E-state index contributed by atoms with van der Waals surface area (Å²) in [6.45, 7) is 0. The lowest BCUT2D eigenvalue weighted by atomic mass is 10.0. The molecule has 1 heterocycles. The highest BCUT2D eigenvalue weighted by Gasteiger charge is 2.37. The lowest BCUT2D eigenvalue weighted by Crippen LogP contribution is -2.46. The van der Waals surface area contributed by atoms with E-state index < -0.39 is 11.9 Å². The number of nitrogens with zero attached hydrogens (tertiary/aromatic N) is 1. The van der Waals surface area contributed by atoms with Gasteiger partial charge in [0.15, 0.2) is 17.3 Å². The quantitative estimate of drug-likeness (QED) is 0.477. The molecule has 3 aromatic rings. The number of hydrogen-bond donors (Lipinski definition) is 1. The summed E-state index contributed by atoms with van der Waals surface area (Å²) in [4.78, 5) is 29.1. The van der Waals surface area contributed by atoms with E-state index in [4.69, 9.17) is 18.6 Å². The van der Waals surface area contributed by atoms with Crippen LogP contribution in [-0.4, -0.2) is 39.2 Å². The first-order valence-corrected chi connectivity index (χ1v) is 11.6. The number of methoxy groups -OCH3 is 3. The van der Waals surface area contributed by atoms with Crippen LogP contribution in [0.2, 0.25) is 0 Å². The number of benzene rings is 2. The van der Waals surface area contributed by atoms with Crippen LogP contribution in [0.4, 0.5) is 5.69 Å². The Morgan fingerprint density at radius 3 is 2.14 bits per heavy atom. The second-order valence-electron chi connectivity index (χ2n) is 8.34. The van der Waals surface area contributed by atoms with Crippen LogP contribution in [-0.2, 0) is 4.79 Å². The third-order valence-corrected chi connectivity index (χ3v) is 6.20. The number of carbonyl (C=O) groups is 2. The van der Waals surface area contributed by atoms with E-state index in [0.717, 1.165) is 25.7 Å². The van der Waals surface area contributed by atoms with Gasteiger partial charge in [-0.3, -0.25) is 14.5 Å². The maximum Gasteiger partial charge on any atom is 0.294 e. The summed E-state index contributed by atoms with van der Waals surface area (Å²) in [6, 6.07) is 14.7. The molecule has 1 saturated carbocycles. The minimum Gasteiger partial charge on any atom is -0.493 e. The van der Waals surface area contributed by atoms with Crippen molar-refractivity contribution < 1.29 is 28.2 Å². The van der Waals surface area contributed by atoms with Gasteiger partial charge in [0.25, 0.3) is 5.91 Å². The highest BCUT2D eigenvalue weighted by molar-refractivity contribution is 6.08. The largest absolute Gasteiger partial charge is 0.493 e. The van der Waals surface area contributed by atoms with Crippen LogP contribution in [0, 0.1) is 0 Å². The molecular weight excluding hydrogens is 448 g/mol. The fourth-order valence-electron chi connectivity index (χ4n) is 4.52. The first-order valence-electron chi connectivity index (χ1n) is 11.6. The Labute approximate surface area is 204 Å². The van der Waals surface area contributed by atoms with Crippen LogP contribution in [0.1, 0.15) is 47.8 Å². The van der Waals surface area contributed by atoms with Crippen molar-refractivity contribution in [3.8, 4) is 17.2 Å². The van der Waals surface area contributed by atoms with Gasteiger partial charge in [-0.25, -0.2) is 0 Å². The molecule has 8 nitrogen and oxygen atoms in total. The first kappa shape index (κ1) is 24.2. The Kier molecular flexibility index (Phi) is 7.60. The fraction of sp³-hybridized carbons (Fsp3) is 0.333. The molecule has 35 heavy (non-hydrogen) atoms. The smallest absolute Gasteiger partial charge is 0.294 e. The zero-order valence-corrected chi connectivity index (χ0v) is 20.2. The van der Waals surface area contributed by atoms with Gasteiger partial charge in [0.1, 0.15) is 6.04 Å². The Balaban J connectivity index is 1.88. The lowest BCUT2D eigenvalue weighted by molar-refractivity contribution is -0.123. The van der Waals surface area contributed by atoms with Crippen molar-refractivity contribution >= 4 is 17.5 Å². The Morgan fingerprint density at radius 1 is 0.943 bits per heavy atom. The summed E-state index contributed by atoms with van der Waals surface area (Å²) >= 11 is 0. The molecule has 0 radical (unpaired) electrons. The SMILES string of the molecule is COc1cc([C@@H](C(=O)NC2CCCC2)N(C(=O)c2ccco2)c2ccccc2)cc(OC)c1OC. The standard InChI is InChI=1S/C27H30N2O6/c1-32-22-16-18(17-23(33-2)25(22)34-3)24(26(30)28-19-10-7-8-11-19)29(20-12-5-4-6-13-20)27(31)21-14-9-15-35-21/h4-6,9,12-17,19,24H,7-8,10-11H2,1-3H3,(H,28,30)/t24-/m0/s1. The normalized spacial score (nSPS) is 14.3. The van der Waals surface area contributed by atoms with E-state index >= 15 is 0 Å². The van der Waals surface area contributed by atoms with Crippen LogP contribution in [0.15, 0.2) is 65.3 Å². The number of carbonyl (C=O) groups excluding carboxylic acids is 2. The highest BCUT2D eigenvalue weighted by Crippen LogP contribution is 2.42. The summed E-state index contributed by atoms with van der Waals surface area (Å²) in [7, 11) is 4.54. The fourth-order valence-corrected chi connectivity index (χ4v) is 4.52. The van der Waals surface area contributed by atoms with Crippen molar-refractivity contribution in [2.24, 2.45) is 0 Å². The monoisotopic (exact) mass is 478 g/mol. The van der Waals surface area contributed by atoms with Crippen LogP contribution < -0.4 is 24.4 Å². The molecule has 0 saturated heterocycles. The Bertz CT molecular complexity index is 1110. The molecule has 0 bridgehead atoms. The van der Waals surface area contributed by atoms with Gasteiger partial charge in [0.05, 0.1) is 27.6 Å². The number of anilines is 1. The summed E-state index contributed by atoms with van der Waals surface area (Å²) in [5, 5.41) is 3.16. The predicted octanol–water partition coefficient (Wildman–Crippen LogP) is 4.75. The number of ether oxygens (including phenoxy) is 3. The van der Waals surface area contributed by atoms with E-state index in [2.05, 4.69) is 5.32 Å². The van der Waals surface area contributed by atoms with Crippen LogP contribution >= 0.6 is 0 Å². The predicted molar refractivity (Wildman–Crippen MR) is 131 cm³/mol. The molecule has 1 aromatic heterocycles. The van der Waals surface area contributed by atoms with E-state index in [1.807, 2.05) is 18.2 Å². The minimum absolute atomic E-state index is 0.0587. The second kappa shape index (κ2) is 11.0. The number of furan rings is 1. The van der Waals surface area contributed by atoms with E-state index in [9.17, 15) is 9.59 Å². The van der Waals surface area contributed by atoms with E-state index in [1.165, 1.54) is 32.5 Å². The van der Waals surface area contributed by atoms with Crippen LogP contribution in [0.25, 0.3) is 0 Å². The molecule has 1 aliphatic carbocycles. The molecule has 0 unspecified atom stereocenters. The molecule has 184 valence electrons. The molecule has 8 heteroatoms. The number of nitrogens with one attached hydrogen (secondary N) is 1. The highest BCUT2D eigenvalue weighted by atomic mass is 16.5. The van der Waals surface area contributed by atoms with Gasteiger partial charge in [-0.05, 0) is 54.8 Å². The molecule has 2 amide bonds. The maximum absolute atomic E-state index is 13.9. The van der Waals surface area contributed by atoms with Gasteiger partial charge in [0, 0.05) is 11.7 Å². The molecule has 1 aliphatic rings. The second-order valence-corrected chi connectivity index (χ2v) is 8.34. The molecular formula is C27H30N2O6. The van der Waals surface area contributed by atoms with Crippen molar-refractivity contribution in [2.45, 2.75) is 37.8 Å². The van der Waals surface area contributed by atoms with Crippen molar-refractivity contribution in [2.75, 3.05) is 26.2 Å². The molecule has 1 atom stereocenters. The average Bonchev–Trinajstić information content (AvgIpc) is 3.61.